The number of hydrogen-bond donors (Lipinski definition) is 3. The van der Waals surface area contributed by atoms with Crippen molar-refractivity contribution in [1.29, 1.82) is 0 Å². The molecular weight excluding hydrogens is 263 g/mol. The molecule has 1 aromatic rings. The summed E-state index contributed by atoms with van der Waals surface area (Å²) < 4.78 is 38.6. The lowest BCUT2D eigenvalue weighted by Crippen LogP contribution is -2.36. The quantitative estimate of drug-likeness (QED) is 0.602. The third-order valence-corrected chi connectivity index (χ3v) is 4.29. The van der Waals surface area contributed by atoms with Gasteiger partial charge >= 0.3 is 0 Å². The van der Waals surface area contributed by atoms with Crippen LogP contribution in [0, 0.1) is 5.82 Å². The van der Waals surface area contributed by atoms with Crippen LogP contribution in [0.15, 0.2) is 23.1 Å². The average molecular weight is 278 g/mol. The first-order valence-corrected chi connectivity index (χ1v) is 6.65. The Morgan fingerprint density at radius 2 is 1.78 bits per heavy atom. The van der Waals surface area contributed by atoms with Crippen LogP contribution >= 0.6 is 0 Å². The number of nitrogens with zero attached hydrogens (tertiary/aromatic N) is 1. The van der Waals surface area contributed by atoms with E-state index in [0.717, 1.165) is 10.4 Å². The van der Waals surface area contributed by atoms with Gasteiger partial charge in [-0.2, -0.15) is 4.31 Å². The highest BCUT2D eigenvalue weighted by Crippen LogP contribution is 2.24. The van der Waals surface area contributed by atoms with E-state index in [1.54, 1.807) is 0 Å². The van der Waals surface area contributed by atoms with Crippen LogP contribution in [0.25, 0.3) is 0 Å². The number of benzene rings is 1. The molecular formula is C10H15FN2O4S. The van der Waals surface area contributed by atoms with Gasteiger partial charge in [0.05, 0.1) is 18.9 Å². The zero-order valence-corrected chi connectivity index (χ0v) is 10.4. The number of nitrogen functional groups attached to an aromatic ring is 1. The van der Waals surface area contributed by atoms with Gasteiger partial charge in [0.2, 0.25) is 10.0 Å². The van der Waals surface area contributed by atoms with Gasteiger partial charge in [0.15, 0.2) is 0 Å². The second kappa shape index (κ2) is 6.10. The van der Waals surface area contributed by atoms with Crippen molar-refractivity contribution < 1.29 is 23.0 Å². The number of rotatable bonds is 6. The molecule has 1 aromatic carbocycles. The summed E-state index contributed by atoms with van der Waals surface area (Å²) in [5, 5.41) is 17.6. The minimum absolute atomic E-state index is 0.212. The van der Waals surface area contributed by atoms with Gasteiger partial charge in [-0.05, 0) is 12.1 Å². The van der Waals surface area contributed by atoms with E-state index in [1.165, 1.54) is 12.1 Å². The van der Waals surface area contributed by atoms with Gasteiger partial charge in [-0.25, -0.2) is 12.8 Å². The van der Waals surface area contributed by atoms with Crippen LogP contribution in [0.2, 0.25) is 0 Å². The molecule has 0 saturated heterocycles. The Kier molecular flexibility index (Phi) is 5.03. The minimum Gasteiger partial charge on any atom is -0.398 e. The first-order valence-electron chi connectivity index (χ1n) is 5.21. The molecule has 0 aliphatic heterocycles. The lowest BCUT2D eigenvalue weighted by Gasteiger charge is -2.21. The number of aliphatic hydroxyl groups excluding tert-OH is 2. The van der Waals surface area contributed by atoms with Crippen LogP contribution < -0.4 is 5.73 Å². The summed E-state index contributed by atoms with van der Waals surface area (Å²) in [6.45, 7) is -1.35. The number of aliphatic hydroxyl groups is 2. The summed E-state index contributed by atoms with van der Waals surface area (Å²) in [7, 11) is -4.17. The van der Waals surface area contributed by atoms with Crippen molar-refractivity contribution in [3.05, 3.63) is 24.0 Å². The maximum atomic E-state index is 13.6. The number of halogens is 1. The summed E-state index contributed by atoms with van der Waals surface area (Å²) in [6, 6.07) is 3.55. The highest BCUT2D eigenvalue weighted by Gasteiger charge is 2.28. The lowest BCUT2D eigenvalue weighted by atomic mass is 10.3. The molecule has 0 aliphatic rings. The van der Waals surface area contributed by atoms with Crippen molar-refractivity contribution in [1.82, 2.24) is 4.31 Å². The first-order chi connectivity index (χ1) is 8.45. The zero-order chi connectivity index (χ0) is 13.8. The Hall–Kier alpha value is -1.22. The van der Waals surface area contributed by atoms with Crippen LogP contribution in [0.1, 0.15) is 0 Å². The predicted octanol–water partition coefficient (Wildman–Crippen LogP) is -0.617. The van der Waals surface area contributed by atoms with E-state index in [4.69, 9.17) is 15.9 Å². The molecule has 0 aliphatic carbocycles. The molecule has 1 rings (SSSR count). The second-order valence-electron chi connectivity index (χ2n) is 3.51. The highest BCUT2D eigenvalue weighted by atomic mass is 32.2. The normalized spacial score (nSPS) is 12.0. The molecule has 0 fully saturated rings. The van der Waals surface area contributed by atoms with E-state index in [9.17, 15) is 12.8 Å². The van der Waals surface area contributed by atoms with Gasteiger partial charge < -0.3 is 15.9 Å². The van der Waals surface area contributed by atoms with Gasteiger partial charge in [-0.1, -0.05) is 6.07 Å². The summed E-state index contributed by atoms with van der Waals surface area (Å²) in [5.74, 6) is -0.962. The van der Waals surface area contributed by atoms with E-state index in [-0.39, 0.29) is 18.8 Å². The van der Waals surface area contributed by atoms with Gasteiger partial charge in [-0.3, -0.25) is 0 Å². The third-order valence-electron chi connectivity index (χ3n) is 2.29. The fourth-order valence-electron chi connectivity index (χ4n) is 1.50. The maximum absolute atomic E-state index is 13.6. The molecule has 8 heteroatoms. The lowest BCUT2D eigenvalue weighted by molar-refractivity contribution is 0.217. The summed E-state index contributed by atoms with van der Waals surface area (Å²) >= 11 is 0. The van der Waals surface area contributed by atoms with Crippen molar-refractivity contribution in [3.8, 4) is 0 Å². The molecule has 0 saturated carbocycles. The van der Waals surface area contributed by atoms with Gasteiger partial charge in [-0.15, -0.1) is 0 Å². The summed E-state index contributed by atoms with van der Waals surface area (Å²) in [4.78, 5) is -0.632. The number of nitrogens with two attached hydrogens (primary N) is 1. The fraction of sp³-hybridized carbons (Fsp3) is 0.400. The van der Waals surface area contributed by atoms with Gasteiger partial charge in [0.25, 0.3) is 0 Å². The zero-order valence-electron chi connectivity index (χ0n) is 9.58. The second-order valence-corrected chi connectivity index (χ2v) is 5.38. The van der Waals surface area contributed by atoms with Crippen LogP contribution in [-0.4, -0.2) is 49.2 Å². The highest BCUT2D eigenvalue weighted by molar-refractivity contribution is 7.89. The monoisotopic (exact) mass is 278 g/mol. The topological polar surface area (TPSA) is 104 Å². The molecule has 0 radical (unpaired) electrons. The Morgan fingerprint density at radius 3 is 2.22 bits per heavy atom. The molecule has 6 nitrogen and oxygen atoms in total. The minimum atomic E-state index is -4.17. The third kappa shape index (κ3) is 2.96. The molecule has 4 N–H and O–H groups in total. The molecule has 0 heterocycles. The predicted molar refractivity (Wildman–Crippen MR) is 63.7 cm³/mol. The van der Waals surface area contributed by atoms with Crippen molar-refractivity contribution in [2.75, 3.05) is 32.0 Å². The average Bonchev–Trinajstić information content (AvgIpc) is 2.28. The van der Waals surface area contributed by atoms with Crippen LogP contribution in [0.3, 0.4) is 0 Å². The molecule has 0 aromatic heterocycles. The van der Waals surface area contributed by atoms with Gasteiger partial charge in [0.1, 0.15) is 10.7 Å². The summed E-state index contributed by atoms with van der Waals surface area (Å²) in [5.41, 5.74) is 5.25. The van der Waals surface area contributed by atoms with Crippen molar-refractivity contribution >= 4 is 15.7 Å². The van der Waals surface area contributed by atoms with Crippen molar-refractivity contribution in [2.24, 2.45) is 0 Å². The van der Waals surface area contributed by atoms with E-state index in [0.29, 0.717) is 0 Å². The molecule has 0 amide bonds. The Labute approximate surface area is 105 Å². The smallest absolute Gasteiger partial charge is 0.248 e. The first kappa shape index (κ1) is 14.8. The van der Waals surface area contributed by atoms with Crippen molar-refractivity contribution in [2.45, 2.75) is 4.90 Å². The van der Waals surface area contributed by atoms with Crippen LogP contribution in [0.5, 0.6) is 0 Å². The van der Waals surface area contributed by atoms with Crippen LogP contribution in [-0.2, 0) is 10.0 Å². The SMILES string of the molecule is Nc1cccc(F)c1S(=O)(=O)N(CCO)CCO. The van der Waals surface area contributed by atoms with Crippen molar-refractivity contribution in [3.63, 3.8) is 0 Å². The molecule has 0 atom stereocenters. The van der Waals surface area contributed by atoms with E-state index < -0.39 is 33.9 Å². The van der Waals surface area contributed by atoms with Gasteiger partial charge in [0, 0.05) is 13.1 Å². The number of hydrogen-bond acceptors (Lipinski definition) is 5. The van der Waals surface area contributed by atoms with E-state index >= 15 is 0 Å². The molecule has 0 unspecified atom stereocenters. The summed E-state index contributed by atoms with van der Waals surface area (Å²) in [6.07, 6.45) is 0. The Bertz CT molecular complexity index is 480. The Balaban J connectivity index is 3.26. The molecule has 102 valence electrons. The Morgan fingerprint density at radius 1 is 1.22 bits per heavy atom. The van der Waals surface area contributed by atoms with Crippen LogP contribution in [0.4, 0.5) is 10.1 Å². The molecule has 0 bridgehead atoms. The maximum Gasteiger partial charge on any atom is 0.248 e. The molecule has 0 spiro atoms. The fourth-order valence-corrected chi connectivity index (χ4v) is 3.08. The van der Waals surface area contributed by atoms with E-state index in [1.807, 2.05) is 0 Å². The number of sulfonamides is 1. The molecule has 18 heavy (non-hydrogen) atoms. The van der Waals surface area contributed by atoms with E-state index in [2.05, 4.69) is 0 Å². The largest absolute Gasteiger partial charge is 0.398 e. The number of anilines is 1. The standard InChI is InChI=1S/C10H15FN2O4S/c11-8-2-1-3-9(12)10(8)18(16,17)13(4-6-14)5-7-15/h1-3,14-15H,4-7,12H2.